The van der Waals surface area contributed by atoms with Crippen molar-refractivity contribution in [2.75, 3.05) is 24.5 Å². The number of pyridine rings is 2. The van der Waals surface area contributed by atoms with Crippen molar-refractivity contribution in [2.45, 2.75) is 71.1 Å². The number of amides is 2. The first-order valence-corrected chi connectivity index (χ1v) is 14.1. The van der Waals surface area contributed by atoms with E-state index in [9.17, 15) is 14.4 Å². The van der Waals surface area contributed by atoms with Gasteiger partial charge >= 0.3 is 6.09 Å². The quantitative estimate of drug-likeness (QED) is 0.477. The Labute approximate surface area is 234 Å². The average Bonchev–Trinajstić information content (AvgIpc) is 2.90. The van der Waals surface area contributed by atoms with Gasteiger partial charge in [-0.1, -0.05) is 12.5 Å². The molecule has 0 radical (unpaired) electrons. The summed E-state index contributed by atoms with van der Waals surface area (Å²) in [6.45, 7) is 8.32. The minimum Gasteiger partial charge on any atom is -0.444 e. The maximum atomic E-state index is 13.1. The molecule has 2 amide bonds. The Morgan fingerprint density at radius 1 is 1.12 bits per heavy atom. The number of carbonyl (C=O) groups excluding carboxylic acids is 2. The van der Waals surface area contributed by atoms with E-state index >= 15 is 0 Å². The first-order valence-electron chi connectivity index (χ1n) is 14.1. The Morgan fingerprint density at radius 3 is 2.65 bits per heavy atom. The summed E-state index contributed by atoms with van der Waals surface area (Å²) >= 11 is 0. The normalized spacial score (nSPS) is 17.8. The van der Waals surface area contributed by atoms with Crippen LogP contribution in [0.5, 0.6) is 0 Å². The van der Waals surface area contributed by atoms with E-state index in [2.05, 4.69) is 20.2 Å². The van der Waals surface area contributed by atoms with Gasteiger partial charge in [-0.15, -0.1) is 0 Å². The predicted molar refractivity (Wildman–Crippen MR) is 152 cm³/mol. The standard InChI is InChI=1S/C30H38N6O4/c1-30(2,3)40-29(39)36(19-21-8-6-9-21)24-10-7-14-34(20-24)23-13-12-22(31-18-23)17-32-28(38)25-16-27(37)35-15-5-4-11-26(35)33-25/h4-5,11-13,15-16,18,21,24H,6-10,14,17,19-20H2,1-3H3,(H,32,38)/t24-/m1/s1. The molecule has 0 aromatic carbocycles. The van der Waals surface area contributed by atoms with Gasteiger partial charge in [-0.2, -0.15) is 0 Å². The van der Waals surface area contributed by atoms with Gasteiger partial charge in [0.1, 0.15) is 16.9 Å². The highest BCUT2D eigenvalue weighted by Crippen LogP contribution is 2.30. The predicted octanol–water partition coefficient (Wildman–Crippen LogP) is 4.03. The Kier molecular flexibility index (Phi) is 8.04. The first-order chi connectivity index (χ1) is 19.2. The molecule has 40 heavy (non-hydrogen) atoms. The van der Waals surface area contributed by atoms with Crippen LogP contribution in [0.3, 0.4) is 0 Å². The fourth-order valence-electron chi connectivity index (χ4n) is 5.23. The number of ether oxygens (including phenoxy) is 1. The van der Waals surface area contributed by atoms with E-state index < -0.39 is 11.5 Å². The number of fused-ring (bicyclic) bond motifs is 1. The van der Waals surface area contributed by atoms with Crippen molar-refractivity contribution in [3.8, 4) is 0 Å². The molecule has 1 atom stereocenters. The Hall–Kier alpha value is -3.95. The molecule has 0 bridgehead atoms. The molecule has 3 aromatic rings. The summed E-state index contributed by atoms with van der Waals surface area (Å²) in [7, 11) is 0. The fraction of sp³-hybridized carbons (Fsp3) is 0.500. The van der Waals surface area contributed by atoms with Gasteiger partial charge in [0.05, 0.1) is 30.2 Å². The largest absolute Gasteiger partial charge is 0.444 e. The molecule has 3 aromatic heterocycles. The van der Waals surface area contributed by atoms with E-state index in [0.29, 0.717) is 17.3 Å². The van der Waals surface area contributed by atoms with Crippen molar-refractivity contribution < 1.29 is 14.3 Å². The third-order valence-corrected chi connectivity index (χ3v) is 7.55. The van der Waals surface area contributed by atoms with Crippen LogP contribution in [0.2, 0.25) is 0 Å². The number of nitrogens with zero attached hydrogens (tertiary/aromatic N) is 5. The molecule has 2 aliphatic rings. The Bertz CT molecular complexity index is 1410. The molecule has 2 fully saturated rings. The van der Waals surface area contributed by atoms with Gasteiger partial charge in [0, 0.05) is 31.9 Å². The van der Waals surface area contributed by atoms with E-state index in [0.717, 1.165) is 38.2 Å². The van der Waals surface area contributed by atoms with E-state index in [4.69, 9.17) is 4.74 Å². The lowest BCUT2D eigenvalue weighted by Gasteiger charge is -2.43. The van der Waals surface area contributed by atoms with Gasteiger partial charge in [-0.3, -0.25) is 19.0 Å². The summed E-state index contributed by atoms with van der Waals surface area (Å²) in [4.78, 5) is 51.2. The zero-order chi connectivity index (χ0) is 28.3. The molecular formula is C30H38N6O4. The number of hydrogen-bond donors (Lipinski definition) is 1. The Balaban J connectivity index is 1.21. The minimum absolute atomic E-state index is 0.0728. The van der Waals surface area contributed by atoms with Gasteiger partial charge < -0.3 is 19.9 Å². The summed E-state index contributed by atoms with van der Waals surface area (Å²) in [6.07, 6.45) is 8.72. The van der Waals surface area contributed by atoms with Crippen molar-refractivity contribution in [1.82, 2.24) is 24.6 Å². The molecule has 10 nitrogen and oxygen atoms in total. The maximum Gasteiger partial charge on any atom is 0.410 e. The van der Waals surface area contributed by atoms with Crippen LogP contribution in [0.1, 0.15) is 69.1 Å². The highest BCUT2D eigenvalue weighted by Gasteiger charge is 2.34. The molecule has 10 heteroatoms. The van der Waals surface area contributed by atoms with Gasteiger partial charge in [-0.25, -0.2) is 9.78 Å². The zero-order valence-electron chi connectivity index (χ0n) is 23.5. The molecule has 1 aliphatic carbocycles. The van der Waals surface area contributed by atoms with Crippen LogP contribution in [0.25, 0.3) is 5.65 Å². The van der Waals surface area contributed by atoms with Crippen molar-refractivity contribution in [2.24, 2.45) is 5.92 Å². The third-order valence-electron chi connectivity index (χ3n) is 7.55. The van der Waals surface area contributed by atoms with Crippen LogP contribution in [0.4, 0.5) is 10.5 Å². The molecule has 4 heterocycles. The SMILES string of the molecule is CC(C)(C)OC(=O)N(CC1CCC1)[C@@H]1CCCN(c2ccc(CNC(=O)c3cc(=O)n4ccccc4n3)nc2)C1. The number of anilines is 1. The van der Waals surface area contributed by atoms with Crippen molar-refractivity contribution >= 4 is 23.3 Å². The molecule has 0 unspecified atom stereocenters. The molecule has 1 aliphatic heterocycles. The number of nitrogens with one attached hydrogen (secondary N) is 1. The number of hydrogen-bond acceptors (Lipinski definition) is 7. The maximum absolute atomic E-state index is 13.1. The molecule has 1 saturated heterocycles. The van der Waals surface area contributed by atoms with Gasteiger partial charge in [0.25, 0.3) is 11.5 Å². The van der Waals surface area contributed by atoms with Crippen molar-refractivity contribution in [1.29, 1.82) is 0 Å². The summed E-state index contributed by atoms with van der Waals surface area (Å²) in [6, 6.07) is 10.4. The summed E-state index contributed by atoms with van der Waals surface area (Å²) < 4.78 is 7.17. The summed E-state index contributed by atoms with van der Waals surface area (Å²) in [5.74, 6) is 0.129. The van der Waals surface area contributed by atoms with Crippen LogP contribution in [-0.4, -0.2) is 62.5 Å². The lowest BCUT2D eigenvalue weighted by Crippen LogP contribution is -2.53. The highest BCUT2D eigenvalue weighted by molar-refractivity contribution is 5.92. The van der Waals surface area contributed by atoms with Crippen LogP contribution in [0, 0.1) is 5.92 Å². The number of rotatable bonds is 7. The molecule has 5 rings (SSSR count). The summed E-state index contributed by atoms with van der Waals surface area (Å²) in [5.41, 5.74) is 1.33. The zero-order valence-corrected chi connectivity index (χ0v) is 23.5. The van der Waals surface area contributed by atoms with Crippen LogP contribution in [-0.2, 0) is 11.3 Å². The number of carbonyl (C=O) groups is 2. The minimum atomic E-state index is -0.529. The monoisotopic (exact) mass is 546 g/mol. The fourth-order valence-corrected chi connectivity index (χ4v) is 5.23. The third kappa shape index (κ3) is 6.60. The second-order valence-electron chi connectivity index (χ2n) is 11.8. The van der Waals surface area contributed by atoms with Crippen molar-refractivity contribution in [3.05, 3.63) is 70.5 Å². The van der Waals surface area contributed by atoms with Gasteiger partial charge in [0.2, 0.25) is 0 Å². The van der Waals surface area contributed by atoms with Crippen LogP contribution in [0.15, 0.2) is 53.6 Å². The van der Waals surface area contributed by atoms with Crippen LogP contribution < -0.4 is 15.8 Å². The van der Waals surface area contributed by atoms with E-state index in [1.807, 2.05) is 44.0 Å². The molecule has 1 N–H and O–H groups in total. The topological polar surface area (TPSA) is 109 Å². The molecule has 212 valence electrons. The summed E-state index contributed by atoms with van der Waals surface area (Å²) in [5, 5.41) is 2.80. The van der Waals surface area contributed by atoms with Crippen LogP contribution >= 0.6 is 0 Å². The van der Waals surface area contributed by atoms with E-state index in [-0.39, 0.29) is 29.9 Å². The number of aromatic nitrogens is 3. The average molecular weight is 547 g/mol. The highest BCUT2D eigenvalue weighted by atomic mass is 16.6. The van der Waals surface area contributed by atoms with Crippen molar-refractivity contribution in [3.63, 3.8) is 0 Å². The molecule has 1 saturated carbocycles. The lowest BCUT2D eigenvalue weighted by molar-refractivity contribution is 0.00735. The van der Waals surface area contributed by atoms with E-state index in [1.54, 1.807) is 24.4 Å². The molecular weight excluding hydrogens is 508 g/mol. The Morgan fingerprint density at radius 2 is 1.95 bits per heavy atom. The van der Waals surface area contributed by atoms with E-state index in [1.165, 1.54) is 29.7 Å². The second-order valence-corrected chi connectivity index (χ2v) is 11.8. The molecule has 0 spiro atoms. The smallest absolute Gasteiger partial charge is 0.410 e. The number of piperidine rings is 1. The van der Waals surface area contributed by atoms with Gasteiger partial charge in [-0.05, 0) is 76.6 Å². The van der Waals surface area contributed by atoms with Gasteiger partial charge in [0.15, 0.2) is 0 Å². The second kappa shape index (κ2) is 11.7. The lowest BCUT2D eigenvalue weighted by atomic mass is 9.84. The first kappa shape index (κ1) is 27.6.